The first-order valence-electron chi connectivity index (χ1n) is 9.72. The zero-order valence-corrected chi connectivity index (χ0v) is 15.5. The largest absolute Gasteiger partial charge is 0.468 e. The molecule has 0 aliphatic carbocycles. The molecule has 0 spiro atoms. The molecule has 144 valence electrons. The molecule has 2 aliphatic rings. The van der Waals surface area contributed by atoms with Crippen molar-refractivity contribution in [2.45, 2.75) is 38.1 Å². The normalized spacial score (nSPS) is 17.6. The summed E-state index contributed by atoms with van der Waals surface area (Å²) < 4.78 is 16.4. The average Bonchev–Trinajstić information content (AvgIpc) is 3.39. The van der Waals surface area contributed by atoms with Crippen LogP contribution in [-0.4, -0.2) is 37.2 Å². The molecular formula is C21H26N2O4. The van der Waals surface area contributed by atoms with E-state index < -0.39 is 0 Å². The van der Waals surface area contributed by atoms with E-state index >= 15 is 0 Å². The van der Waals surface area contributed by atoms with Gasteiger partial charge >= 0.3 is 0 Å². The third kappa shape index (κ3) is 4.45. The molecule has 1 aromatic carbocycles. The number of furan rings is 1. The minimum atomic E-state index is 0.0567. The smallest absolute Gasteiger partial charge is 0.231 e. The van der Waals surface area contributed by atoms with Crippen molar-refractivity contribution < 1.29 is 18.7 Å². The van der Waals surface area contributed by atoms with Crippen molar-refractivity contribution in [2.24, 2.45) is 0 Å². The number of amides is 1. The summed E-state index contributed by atoms with van der Waals surface area (Å²) in [5.41, 5.74) is 1.08. The van der Waals surface area contributed by atoms with Crippen LogP contribution in [0.3, 0.4) is 0 Å². The van der Waals surface area contributed by atoms with Gasteiger partial charge in [-0.25, -0.2) is 0 Å². The molecule has 0 radical (unpaired) electrons. The summed E-state index contributed by atoms with van der Waals surface area (Å²) in [5, 5.41) is 3.09. The molecular weight excluding hydrogens is 344 g/mol. The molecule has 3 heterocycles. The van der Waals surface area contributed by atoms with Crippen LogP contribution < -0.4 is 14.8 Å². The molecule has 1 atom stereocenters. The molecule has 1 fully saturated rings. The number of carbonyl (C=O) groups is 1. The molecule has 1 saturated heterocycles. The van der Waals surface area contributed by atoms with E-state index in [2.05, 4.69) is 10.2 Å². The predicted molar refractivity (Wildman–Crippen MR) is 101 cm³/mol. The summed E-state index contributed by atoms with van der Waals surface area (Å²) >= 11 is 0. The Morgan fingerprint density at radius 3 is 2.78 bits per heavy atom. The second-order valence-corrected chi connectivity index (χ2v) is 7.12. The number of rotatable bonds is 7. The summed E-state index contributed by atoms with van der Waals surface area (Å²) in [6, 6.07) is 9.86. The number of likely N-dealkylation sites (tertiary alicyclic amines) is 1. The fourth-order valence-corrected chi connectivity index (χ4v) is 3.77. The van der Waals surface area contributed by atoms with Gasteiger partial charge in [0.1, 0.15) is 5.76 Å². The summed E-state index contributed by atoms with van der Waals surface area (Å²) in [4.78, 5) is 14.8. The Morgan fingerprint density at radius 1 is 1.11 bits per heavy atom. The maximum absolute atomic E-state index is 12.4. The predicted octanol–water partition coefficient (Wildman–Crippen LogP) is 3.28. The van der Waals surface area contributed by atoms with Crippen molar-refractivity contribution in [1.29, 1.82) is 0 Å². The zero-order valence-electron chi connectivity index (χ0n) is 15.5. The lowest BCUT2D eigenvalue weighted by atomic mass is 10.1. The molecule has 0 saturated carbocycles. The summed E-state index contributed by atoms with van der Waals surface area (Å²) in [5.74, 6) is 2.51. The average molecular weight is 370 g/mol. The molecule has 6 heteroatoms. The van der Waals surface area contributed by atoms with Gasteiger partial charge in [0.2, 0.25) is 12.7 Å². The molecule has 1 N–H and O–H groups in total. The second kappa shape index (κ2) is 8.48. The Balaban J connectivity index is 1.30. The van der Waals surface area contributed by atoms with Gasteiger partial charge in [0.05, 0.1) is 12.3 Å². The van der Waals surface area contributed by atoms with Gasteiger partial charge in [0.25, 0.3) is 0 Å². The molecule has 0 bridgehead atoms. The molecule has 1 amide bonds. The zero-order chi connectivity index (χ0) is 18.5. The lowest BCUT2D eigenvalue weighted by molar-refractivity contribution is -0.121. The van der Waals surface area contributed by atoms with E-state index in [0.717, 1.165) is 35.9 Å². The topological polar surface area (TPSA) is 63.9 Å². The van der Waals surface area contributed by atoms with Crippen molar-refractivity contribution in [1.82, 2.24) is 10.2 Å². The summed E-state index contributed by atoms with van der Waals surface area (Å²) in [6.45, 7) is 2.95. The van der Waals surface area contributed by atoms with Gasteiger partial charge in [0, 0.05) is 13.0 Å². The maximum atomic E-state index is 12.4. The Labute approximate surface area is 159 Å². The van der Waals surface area contributed by atoms with E-state index in [9.17, 15) is 4.79 Å². The fourth-order valence-electron chi connectivity index (χ4n) is 3.77. The Hall–Kier alpha value is -2.47. The number of nitrogens with one attached hydrogen (secondary N) is 1. The van der Waals surface area contributed by atoms with Crippen LogP contribution in [-0.2, 0) is 11.2 Å². The van der Waals surface area contributed by atoms with Crippen molar-refractivity contribution >= 4 is 5.91 Å². The van der Waals surface area contributed by atoms with Gasteiger partial charge in [-0.1, -0.05) is 12.5 Å². The van der Waals surface area contributed by atoms with Gasteiger partial charge in [-0.15, -0.1) is 0 Å². The first-order valence-corrected chi connectivity index (χ1v) is 9.72. The summed E-state index contributed by atoms with van der Waals surface area (Å²) in [6.07, 6.45) is 6.52. The Morgan fingerprint density at radius 2 is 1.96 bits per heavy atom. The van der Waals surface area contributed by atoms with Crippen molar-refractivity contribution in [3.8, 4) is 11.5 Å². The first kappa shape index (κ1) is 17.9. The molecule has 4 rings (SSSR count). The van der Waals surface area contributed by atoms with Gasteiger partial charge in [-0.3, -0.25) is 9.69 Å². The molecule has 1 aromatic heterocycles. The molecule has 27 heavy (non-hydrogen) atoms. The van der Waals surface area contributed by atoms with Crippen LogP contribution in [0, 0.1) is 0 Å². The van der Waals surface area contributed by atoms with Crippen LogP contribution in [0.15, 0.2) is 41.0 Å². The standard InChI is InChI=1S/C21H26N2O4/c24-21(9-7-16-6-8-19-20(13-16)27-15-26-19)22-14-17(18-5-4-12-25-18)23-10-2-1-3-11-23/h4-6,8,12-13,17H,1-3,7,9-11,14-15H2,(H,22,24). The SMILES string of the molecule is O=C(CCc1ccc2c(c1)OCO2)NCC(c1ccco1)N1CCCCC1. The minimum absolute atomic E-state index is 0.0567. The van der Waals surface area contributed by atoms with Crippen LogP contribution in [0.1, 0.15) is 43.0 Å². The molecule has 2 aliphatic heterocycles. The van der Waals surface area contributed by atoms with Crippen molar-refractivity contribution in [3.05, 3.63) is 47.9 Å². The third-order valence-electron chi connectivity index (χ3n) is 5.27. The molecule has 6 nitrogen and oxygen atoms in total. The highest BCUT2D eigenvalue weighted by Crippen LogP contribution is 2.32. The first-order chi connectivity index (χ1) is 13.3. The molecule has 1 unspecified atom stereocenters. The summed E-state index contributed by atoms with van der Waals surface area (Å²) in [7, 11) is 0. The highest BCUT2D eigenvalue weighted by Gasteiger charge is 2.24. The number of piperidine rings is 1. The van der Waals surface area contributed by atoms with Crippen LogP contribution in [0.4, 0.5) is 0 Å². The van der Waals surface area contributed by atoms with E-state index in [1.807, 2.05) is 30.3 Å². The number of ether oxygens (including phenoxy) is 2. The minimum Gasteiger partial charge on any atom is -0.468 e. The van der Waals surface area contributed by atoms with E-state index in [4.69, 9.17) is 13.9 Å². The highest BCUT2D eigenvalue weighted by atomic mass is 16.7. The van der Waals surface area contributed by atoms with Gasteiger partial charge < -0.3 is 19.2 Å². The van der Waals surface area contributed by atoms with Crippen LogP contribution in [0.5, 0.6) is 11.5 Å². The van der Waals surface area contributed by atoms with Crippen LogP contribution >= 0.6 is 0 Å². The number of fused-ring (bicyclic) bond motifs is 1. The number of aryl methyl sites for hydroxylation is 1. The van der Waals surface area contributed by atoms with Crippen LogP contribution in [0.25, 0.3) is 0 Å². The van der Waals surface area contributed by atoms with Crippen LogP contribution in [0.2, 0.25) is 0 Å². The number of hydrogen-bond acceptors (Lipinski definition) is 5. The van der Waals surface area contributed by atoms with E-state index in [1.165, 1.54) is 19.3 Å². The van der Waals surface area contributed by atoms with Crippen molar-refractivity contribution in [3.63, 3.8) is 0 Å². The number of hydrogen-bond donors (Lipinski definition) is 1. The van der Waals surface area contributed by atoms with Gasteiger partial charge in [-0.2, -0.15) is 0 Å². The molecule has 2 aromatic rings. The van der Waals surface area contributed by atoms with E-state index in [0.29, 0.717) is 19.4 Å². The quantitative estimate of drug-likeness (QED) is 0.810. The van der Waals surface area contributed by atoms with Gasteiger partial charge in [0.15, 0.2) is 11.5 Å². The van der Waals surface area contributed by atoms with Gasteiger partial charge in [-0.05, 0) is 62.2 Å². The highest BCUT2D eigenvalue weighted by molar-refractivity contribution is 5.76. The maximum Gasteiger partial charge on any atom is 0.231 e. The fraction of sp³-hybridized carbons (Fsp3) is 0.476. The third-order valence-corrected chi connectivity index (χ3v) is 5.27. The Kier molecular flexibility index (Phi) is 5.63. The lowest BCUT2D eigenvalue weighted by Gasteiger charge is -2.33. The Bertz CT molecular complexity index is 754. The number of nitrogens with zero attached hydrogens (tertiary/aromatic N) is 1. The van der Waals surface area contributed by atoms with E-state index in [-0.39, 0.29) is 18.7 Å². The lowest BCUT2D eigenvalue weighted by Crippen LogP contribution is -2.40. The number of carbonyl (C=O) groups excluding carboxylic acids is 1. The van der Waals surface area contributed by atoms with Crippen molar-refractivity contribution in [2.75, 3.05) is 26.4 Å². The second-order valence-electron chi connectivity index (χ2n) is 7.12. The number of benzene rings is 1. The monoisotopic (exact) mass is 370 g/mol. The van der Waals surface area contributed by atoms with E-state index in [1.54, 1.807) is 6.26 Å².